The second kappa shape index (κ2) is 5.34. The number of aromatic nitrogens is 1. The first-order valence-corrected chi connectivity index (χ1v) is 8.56. The van der Waals surface area contributed by atoms with Crippen LogP contribution in [0.3, 0.4) is 0 Å². The molecule has 1 aromatic carbocycles. The number of thiazole rings is 1. The van der Waals surface area contributed by atoms with Gasteiger partial charge in [-0.15, -0.1) is 11.3 Å². The summed E-state index contributed by atoms with van der Waals surface area (Å²) in [5.74, 6) is -1.16. The molecule has 0 fully saturated rings. The molecule has 1 N–H and O–H groups in total. The van der Waals surface area contributed by atoms with Gasteiger partial charge in [0.1, 0.15) is 10.3 Å². The van der Waals surface area contributed by atoms with Crippen molar-refractivity contribution in [3.63, 3.8) is 0 Å². The molecule has 2 rings (SSSR count). The summed E-state index contributed by atoms with van der Waals surface area (Å²) >= 11 is 1.10. The Kier molecular flexibility index (Phi) is 3.92. The van der Waals surface area contributed by atoms with Crippen LogP contribution in [0.25, 0.3) is 10.4 Å². The van der Waals surface area contributed by atoms with Gasteiger partial charge in [-0.1, -0.05) is 30.3 Å². The van der Waals surface area contributed by atoms with E-state index < -0.39 is 21.1 Å². The summed E-state index contributed by atoms with van der Waals surface area (Å²) < 4.78 is 23.2. The van der Waals surface area contributed by atoms with Gasteiger partial charge in [0.2, 0.25) is 0 Å². The van der Waals surface area contributed by atoms with Crippen LogP contribution in [-0.4, -0.2) is 30.7 Å². The second-order valence-electron chi connectivity index (χ2n) is 4.37. The number of aromatic carboxylic acids is 1. The normalized spacial score (nSPS) is 13.1. The molecule has 0 bridgehead atoms. The van der Waals surface area contributed by atoms with Crippen molar-refractivity contribution in [2.45, 2.75) is 12.2 Å². The third kappa shape index (κ3) is 2.88. The molecule has 1 atom stereocenters. The molecule has 1 heterocycles. The van der Waals surface area contributed by atoms with Gasteiger partial charge in [-0.05, 0) is 12.5 Å². The molecule has 20 heavy (non-hydrogen) atoms. The average molecular weight is 311 g/mol. The standard InChI is InChI=1S/C13H13NO4S2/c1-8(20(2,17)18)12-14-10(13(15)16)11(19-12)9-6-4-3-5-7-9/h3-8H,1-2H3,(H,15,16). The number of nitrogens with zero attached hydrogens (tertiary/aromatic N) is 1. The minimum absolute atomic E-state index is 0.105. The number of carboxylic acid groups (broad SMARTS) is 1. The topological polar surface area (TPSA) is 84.3 Å². The number of carbonyl (C=O) groups is 1. The molecule has 0 amide bonds. The number of carboxylic acids is 1. The minimum atomic E-state index is -3.31. The van der Waals surface area contributed by atoms with Crippen molar-refractivity contribution < 1.29 is 18.3 Å². The van der Waals surface area contributed by atoms with E-state index in [4.69, 9.17) is 0 Å². The smallest absolute Gasteiger partial charge is 0.356 e. The summed E-state index contributed by atoms with van der Waals surface area (Å²) in [4.78, 5) is 15.7. The van der Waals surface area contributed by atoms with Crippen LogP contribution in [0.15, 0.2) is 30.3 Å². The van der Waals surface area contributed by atoms with Crippen molar-refractivity contribution in [1.29, 1.82) is 0 Å². The van der Waals surface area contributed by atoms with Crippen LogP contribution < -0.4 is 0 Å². The van der Waals surface area contributed by atoms with Gasteiger partial charge in [-0.2, -0.15) is 0 Å². The molecule has 7 heteroatoms. The summed E-state index contributed by atoms with van der Waals surface area (Å²) in [5, 5.41) is 8.70. The Hall–Kier alpha value is -1.73. The summed E-state index contributed by atoms with van der Waals surface area (Å²) in [6.07, 6.45) is 1.11. The third-order valence-corrected chi connectivity index (χ3v) is 5.82. The first-order chi connectivity index (χ1) is 9.30. The Morgan fingerprint density at radius 2 is 1.90 bits per heavy atom. The van der Waals surface area contributed by atoms with Crippen LogP contribution in [0.1, 0.15) is 27.7 Å². The molecule has 0 aliphatic carbocycles. The molecule has 0 saturated carbocycles. The number of benzene rings is 1. The summed E-state index contributed by atoms with van der Waals surface area (Å²) in [5.41, 5.74) is 0.612. The quantitative estimate of drug-likeness (QED) is 0.938. The predicted octanol–water partition coefficient (Wildman–Crippen LogP) is 2.61. The lowest BCUT2D eigenvalue weighted by atomic mass is 10.1. The van der Waals surface area contributed by atoms with Crippen molar-refractivity contribution in [2.24, 2.45) is 0 Å². The lowest BCUT2D eigenvalue weighted by Crippen LogP contribution is -2.08. The van der Waals surface area contributed by atoms with Crippen molar-refractivity contribution in [1.82, 2.24) is 4.98 Å². The van der Waals surface area contributed by atoms with E-state index in [0.717, 1.165) is 17.6 Å². The molecule has 0 aliphatic heterocycles. The number of hydrogen-bond acceptors (Lipinski definition) is 5. The molecule has 1 unspecified atom stereocenters. The second-order valence-corrected chi connectivity index (χ2v) is 7.77. The molecular weight excluding hydrogens is 298 g/mol. The van der Waals surface area contributed by atoms with E-state index in [1.54, 1.807) is 24.3 Å². The van der Waals surface area contributed by atoms with Gasteiger partial charge in [0.25, 0.3) is 0 Å². The van der Waals surface area contributed by atoms with Crippen LogP contribution in [0.4, 0.5) is 0 Å². The highest BCUT2D eigenvalue weighted by atomic mass is 32.2. The van der Waals surface area contributed by atoms with E-state index in [1.807, 2.05) is 6.07 Å². The lowest BCUT2D eigenvalue weighted by molar-refractivity contribution is 0.0692. The molecule has 2 aromatic rings. The molecule has 0 spiro atoms. The summed E-state index contributed by atoms with van der Waals surface area (Å²) in [7, 11) is -3.31. The highest BCUT2D eigenvalue weighted by Gasteiger charge is 2.26. The van der Waals surface area contributed by atoms with E-state index in [9.17, 15) is 18.3 Å². The zero-order valence-electron chi connectivity index (χ0n) is 10.9. The predicted molar refractivity (Wildman–Crippen MR) is 77.8 cm³/mol. The Bertz CT molecular complexity index is 735. The van der Waals surface area contributed by atoms with Crippen LogP contribution in [-0.2, 0) is 9.84 Å². The molecule has 5 nitrogen and oxygen atoms in total. The van der Waals surface area contributed by atoms with Gasteiger partial charge in [0, 0.05) is 6.26 Å². The third-order valence-electron chi connectivity index (χ3n) is 2.87. The maximum absolute atomic E-state index is 11.6. The molecule has 0 radical (unpaired) electrons. The average Bonchev–Trinajstić information content (AvgIpc) is 2.82. The van der Waals surface area contributed by atoms with E-state index in [-0.39, 0.29) is 5.69 Å². The highest BCUT2D eigenvalue weighted by Crippen LogP contribution is 2.35. The molecule has 106 valence electrons. The Morgan fingerprint density at radius 1 is 1.30 bits per heavy atom. The minimum Gasteiger partial charge on any atom is -0.476 e. The summed E-state index contributed by atoms with van der Waals surface area (Å²) in [6.45, 7) is 1.51. The van der Waals surface area contributed by atoms with E-state index >= 15 is 0 Å². The van der Waals surface area contributed by atoms with Crippen LogP contribution >= 0.6 is 11.3 Å². The first-order valence-electron chi connectivity index (χ1n) is 5.79. The Balaban J connectivity index is 2.59. The maximum Gasteiger partial charge on any atom is 0.356 e. The van der Waals surface area contributed by atoms with Crippen LogP contribution in [0.2, 0.25) is 0 Å². The van der Waals surface area contributed by atoms with Crippen molar-refractivity contribution >= 4 is 27.1 Å². The monoisotopic (exact) mass is 311 g/mol. The SMILES string of the molecule is CC(c1nc(C(=O)O)c(-c2ccccc2)s1)S(C)(=O)=O. The fourth-order valence-electron chi connectivity index (χ4n) is 1.62. The highest BCUT2D eigenvalue weighted by molar-refractivity contribution is 7.91. The fraction of sp³-hybridized carbons (Fsp3) is 0.231. The van der Waals surface area contributed by atoms with Gasteiger partial charge in [-0.25, -0.2) is 18.2 Å². The van der Waals surface area contributed by atoms with Crippen molar-refractivity contribution in [2.75, 3.05) is 6.26 Å². The molecule has 0 saturated heterocycles. The molecule has 1 aromatic heterocycles. The van der Waals surface area contributed by atoms with Gasteiger partial charge < -0.3 is 5.11 Å². The largest absolute Gasteiger partial charge is 0.476 e. The number of hydrogen-bond donors (Lipinski definition) is 1. The molecule has 0 aliphatic rings. The van der Waals surface area contributed by atoms with Crippen LogP contribution in [0.5, 0.6) is 0 Å². The van der Waals surface area contributed by atoms with Crippen molar-refractivity contribution in [3.8, 4) is 10.4 Å². The van der Waals surface area contributed by atoms with E-state index in [0.29, 0.717) is 15.4 Å². The first kappa shape index (κ1) is 14.7. The zero-order valence-corrected chi connectivity index (χ0v) is 12.5. The van der Waals surface area contributed by atoms with Gasteiger partial charge in [-0.3, -0.25) is 0 Å². The lowest BCUT2D eigenvalue weighted by Gasteiger charge is -2.03. The maximum atomic E-state index is 11.6. The Labute approximate surface area is 120 Å². The number of sulfone groups is 1. The van der Waals surface area contributed by atoms with Gasteiger partial charge in [0.15, 0.2) is 15.5 Å². The zero-order chi connectivity index (χ0) is 14.9. The van der Waals surface area contributed by atoms with E-state index in [1.165, 1.54) is 6.92 Å². The van der Waals surface area contributed by atoms with Gasteiger partial charge in [0.05, 0.1) is 4.88 Å². The van der Waals surface area contributed by atoms with E-state index in [2.05, 4.69) is 4.98 Å². The Morgan fingerprint density at radius 3 is 2.40 bits per heavy atom. The van der Waals surface area contributed by atoms with Crippen molar-refractivity contribution in [3.05, 3.63) is 41.0 Å². The molecular formula is C13H13NO4S2. The van der Waals surface area contributed by atoms with Gasteiger partial charge >= 0.3 is 5.97 Å². The summed E-state index contributed by atoms with van der Waals surface area (Å²) in [6, 6.07) is 8.95. The number of rotatable bonds is 4. The fourth-order valence-corrected chi connectivity index (χ4v) is 3.71. The van der Waals surface area contributed by atoms with Crippen LogP contribution in [0, 0.1) is 0 Å².